The van der Waals surface area contributed by atoms with Crippen molar-refractivity contribution in [3.8, 4) is 0 Å². The highest BCUT2D eigenvalue weighted by Crippen LogP contribution is 2.17. The van der Waals surface area contributed by atoms with Crippen LogP contribution in [0, 0.1) is 17.0 Å². The summed E-state index contributed by atoms with van der Waals surface area (Å²) in [6.45, 7) is 3.91. The molecule has 3 rings (SSSR count). The number of amides is 2. The second kappa shape index (κ2) is 8.33. The Kier molecular flexibility index (Phi) is 5.67. The molecule has 0 spiro atoms. The van der Waals surface area contributed by atoms with Crippen LogP contribution in [-0.2, 0) is 17.9 Å². The molecule has 0 atom stereocenters. The third-order valence-corrected chi connectivity index (χ3v) is 4.10. The van der Waals surface area contributed by atoms with Gasteiger partial charge in [0.15, 0.2) is 0 Å². The second-order valence-electron chi connectivity index (χ2n) is 6.17. The summed E-state index contributed by atoms with van der Waals surface area (Å²) < 4.78 is 2.83. The van der Waals surface area contributed by atoms with Gasteiger partial charge in [0.05, 0.1) is 16.9 Å². The molecule has 0 saturated carbocycles. The van der Waals surface area contributed by atoms with E-state index < -0.39 is 10.8 Å². The highest BCUT2D eigenvalue weighted by molar-refractivity contribution is 6.03. The molecule has 3 aromatic rings. The molecule has 150 valence electrons. The van der Waals surface area contributed by atoms with Gasteiger partial charge in [0, 0.05) is 24.1 Å². The molecule has 2 N–H and O–H groups in total. The van der Waals surface area contributed by atoms with Crippen molar-refractivity contribution in [2.45, 2.75) is 26.9 Å². The number of nitrogens with one attached hydrogen (secondary N) is 2. The van der Waals surface area contributed by atoms with Gasteiger partial charge in [0.2, 0.25) is 5.91 Å². The number of hydrogen-bond donors (Lipinski definition) is 2. The largest absolute Gasteiger partial charge is 0.390 e. The molecule has 0 aliphatic rings. The number of rotatable bonds is 7. The van der Waals surface area contributed by atoms with Crippen molar-refractivity contribution in [2.75, 3.05) is 10.6 Å². The van der Waals surface area contributed by atoms with Crippen molar-refractivity contribution < 1.29 is 14.5 Å². The lowest BCUT2D eigenvalue weighted by Gasteiger charge is -2.09. The third-order valence-electron chi connectivity index (χ3n) is 4.10. The fraction of sp³-hybridized carbons (Fsp3) is 0.222. The highest BCUT2D eigenvalue weighted by Gasteiger charge is 2.18. The Hall–Kier alpha value is -4.02. The summed E-state index contributed by atoms with van der Waals surface area (Å²) in [5, 5.41) is 24.1. The first kappa shape index (κ1) is 19.7. The van der Waals surface area contributed by atoms with Gasteiger partial charge in [-0.05, 0) is 43.0 Å². The van der Waals surface area contributed by atoms with Crippen molar-refractivity contribution in [2.24, 2.45) is 0 Å². The summed E-state index contributed by atoms with van der Waals surface area (Å²) in [6, 6.07) is 9.58. The van der Waals surface area contributed by atoms with Crippen molar-refractivity contribution in [3.63, 3.8) is 0 Å². The number of benzene rings is 1. The number of nitro groups is 1. The van der Waals surface area contributed by atoms with Crippen LogP contribution < -0.4 is 10.6 Å². The van der Waals surface area contributed by atoms with E-state index in [1.165, 1.54) is 10.7 Å². The fourth-order valence-corrected chi connectivity index (χ4v) is 2.73. The molecule has 0 unspecified atom stereocenters. The SMILES string of the molecule is CCn1nccc1C(=O)Nc1cccc(NC(=O)Cn2nc([N+](=O)[O-])cc2C)c1. The lowest BCUT2D eigenvalue weighted by Crippen LogP contribution is -2.20. The molecule has 29 heavy (non-hydrogen) atoms. The van der Waals surface area contributed by atoms with E-state index in [2.05, 4.69) is 20.8 Å². The predicted octanol–water partition coefficient (Wildman–Crippen LogP) is 2.21. The van der Waals surface area contributed by atoms with E-state index in [0.717, 1.165) is 0 Å². The second-order valence-corrected chi connectivity index (χ2v) is 6.17. The van der Waals surface area contributed by atoms with Crippen molar-refractivity contribution in [1.29, 1.82) is 0 Å². The summed E-state index contributed by atoms with van der Waals surface area (Å²) in [5.41, 5.74) is 1.90. The van der Waals surface area contributed by atoms with Gasteiger partial charge >= 0.3 is 5.82 Å². The van der Waals surface area contributed by atoms with Gasteiger partial charge < -0.3 is 20.7 Å². The minimum Gasteiger partial charge on any atom is -0.358 e. The summed E-state index contributed by atoms with van der Waals surface area (Å²) in [4.78, 5) is 34.8. The Bertz CT molecular complexity index is 1070. The van der Waals surface area contributed by atoms with Gasteiger partial charge in [0.25, 0.3) is 5.91 Å². The van der Waals surface area contributed by atoms with E-state index in [-0.39, 0.29) is 18.3 Å². The number of aryl methyl sites for hydroxylation is 2. The Morgan fingerprint density at radius 2 is 1.86 bits per heavy atom. The van der Waals surface area contributed by atoms with E-state index >= 15 is 0 Å². The van der Waals surface area contributed by atoms with Crippen LogP contribution in [0.2, 0.25) is 0 Å². The number of carbonyl (C=O) groups excluding carboxylic acids is 2. The van der Waals surface area contributed by atoms with E-state index in [0.29, 0.717) is 29.3 Å². The third kappa shape index (κ3) is 4.64. The lowest BCUT2D eigenvalue weighted by molar-refractivity contribution is -0.389. The quantitative estimate of drug-likeness (QED) is 0.463. The van der Waals surface area contributed by atoms with Gasteiger partial charge in [-0.15, -0.1) is 0 Å². The molecule has 2 amide bonds. The molecule has 2 aromatic heterocycles. The first-order chi connectivity index (χ1) is 13.9. The number of carbonyl (C=O) groups is 2. The number of anilines is 2. The minimum absolute atomic E-state index is 0.175. The summed E-state index contributed by atoms with van der Waals surface area (Å²) in [6.07, 6.45) is 1.55. The van der Waals surface area contributed by atoms with Gasteiger partial charge in [-0.1, -0.05) is 6.07 Å². The zero-order valence-corrected chi connectivity index (χ0v) is 15.8. The van der Waals surface area contributed by atoms with Crippen LogP contribution in [0.15, 0.2) is 42.6 Å². The molecule has 0 aliphatic carbocycles. The Morgan fingerprint density at radius 3 is 2.52 bits per heavy atom. The lowest BCUT2D eigenvalue weighted by atomic mass is 10.2. The van der Waals surface area contributed by atoms with Crippen LogP contribution >= 0.6 is 0 Å². The summed E-state index contributed by atoms with van der Waals surface area (Å²) in [5.74, 6) is -1.03. The molecule has 11 heteroatoms. The zero-order valence-electron chi connectivity index (χ0n) is 15.8. The Balaban J connectivity index is 1.66. The van der Waals surface area contributed by atoms with Gasteiger partial charge in [-0.25, -0.2) is 0 Å². The highest BCUT2D eigenvalue weighted by atomic mass is 16.6. The van der Waals surface area contributed by atoms with Crippen LogP contribution in [0.1, 0.15) is 23.1 Å². The molecule has 0 bridgehead atoms. The molecule has 0 radical (unpaired) electrons. The molecular formula is C18H19N7O4. The fourth-order valence-electron chi connectivity index (χ4n) is 2.73. The molecule has 0 fully saturated rings. The van der Waals surface area contributed by atoms with Crippen LogP contribution in [0.4, 0.5) is 17.2 Å². The maximum atomic E-state index is 12.4. The summed E-state index contributed by atoms with van der Waals surface area (Å²) in [7, 11) is 0. The van der Waals surface area contributed by atoms with Gasteiger partial charge in [0.1, 0.15) is 12.2 Å². The van der Waals surface area contributed by atoms with Gasteiger partial charge in [-0.3, -0.25) is 14.3 Å². The van der Waals surface area contributed by atoms with E-state index in [1.807, 2.05) is 6.92 Å². The average molecular weight is 397 g/mol. The van der Waals surface area contributed by atoms with Gasteiger partial charge in [-0.2, -0.15) is 9.78 Å². The number of hydrogen-bond acceptors (Lipinski definition) is 6. The Labute approximate surface area is 165 Å². The van der Waals surface area contributed by atoms with Crippen molar-refractivity contribution in [1.82, 2.24) is 19.6 Å². The molecule has 0 saturated heterocycles. The van der Waals surface area contributed by atoms with Crippen molar-refractivity contribution in [3.05, 3.63) is 64.1 Å². The smallest absolute Gasteiger partial charge is 0.358 e. The maximum Gasteiger partial charge on any atom is 0.390 e. The first-order valence-corrected chi connectivity index (χ1v) is 8.79. The number of nitrogens with zero attached hydrogens (tertiary/aromatic N) is 5. The standard InChI is InChI=1S/C18H19N7O4/c1-3-23-15(7-8-19-23)18(27)21-14-6-4-5-13(10-14)20-17(26)11-24-12(2)9-16(22-24)25(28)29/h4-10H,3,11H2,1-2H3,(H,20,26)(H,21,27). The van der Waals surface area contributed by atoms with Crippen LogP contribution in [-0.4, -0.2) is 36.3 Å². The van der Waals surface area contributed by atoms with E-state index in [1.54, 1.807) is 48.1 Å². The molecule has 2 heterocycles. The average Bonchev–Trinajstić information content (AvgIpc) is 3.29. The molecule has 1 aromatic carbocycles. The van der Waals surface area contributed by atoms with Crippen LogP contribution in [0.3, 0.4) is 0 Å². The first-order valence-electron chi connectivity index (χ1n) is 8.79. The monoisotopic (exact) mass is 397 g/mol. The van der Waals surface area contributed by atoms with Crippen molar-refractivity contribution >= 4 is 29.0 Å². The normalized spacial score (nSPS) is 10.6. The predicted molar refractivity (Wildman–Crippen MR) is 105 cm³/mol. The molecule has 11 nitrogen and oxygen atoms in total. The number of aromatic nitrogens is 4. The van der Waals surface area contributed by atoms with E-state index in [4.69, 9.17) is 0 Å². The Morgan fingerprint density at radius 1 is 1.14 bits per heavy atom. The topological polar surface area (TPSA) is 137 Å². The summed E-state index contributed by atoms with van der Waals surface area (Å²) >= 11 is 0. The van der Waals surface area contributed by atoms with E-state index in [9.17, 15) is 19.7 Å². The zero-order chi connectivity index (χ0) is 21.0. The van der Waals surface area contributed by atoms with Crippen LogP contribution in [0.5, 0.6) is 0 Å². The van der Waals surface area contributed by atoms with Crippen LogP contribution in [0.25, 0.3) is 0 Å². The molecule has 0 aliphatic heterocycles. The maximum absolute atomic E-state index is 12.4. The minimum atomic E-state index is -0.613. The molecular weight excluding hydrogens is 378 g/mol.